The molecule has 1 atom stereocenters. The average molecular weight is 177 g/mol. The Morgan fingerprint density at radius 1 is 1.36 bits per heavy atom. The largest absolute Gasteiger partial charge is 0.330 e. The van der Waals surface area contributed by atoms with E-state index in [1.807, 2.05) is 0 Å². The van der Waals surface area contributed by atoms with E-state index in [-0.39, 0.29) is 0 Å². The minimum atomic E-state index is -0.607. The van der Waals surface area contributed by atoms with Crippen LogP contribution in [0.5, 0.6) is 0 Å². The van der Waals surface area contributed by atoms with Gasteiger partial charge in [-0.1, -0.05) is 13.8 Å². The van der Waals surface area contributed by atoms with Crippen LogP contribution < -0.4 is 5.73 Å². The number of hydrogen-bond acceptors (Lipinski definition) is 2. The molecule has 0 aromatic heterocycles. The second-order valence-electron chi connectivity index (χ2n) is 3.20. The first-order valence-electron chi connectivity index (χ1n) is 4.22. The van der Waals surface area contributed by atoms with Crippen LogP contribution in [0.25, 0.3) is 0 Å². The molecule has 0 bridgehead atoms. The molecule has 1 unspecified atom stereocenters. The molecular weight excluding hydrogens is 158 g/mol. The Labute approximate surface area is 72.0 Å². The molecule has 0 saturated carbocycles. The van der Waals surface area contributed by atoms with Crippen molar-refractivity contribution in [1.82, 2.24) is 0 Å². The number of unbranched alkanes of at least 4 members (excludes halogenated alkanes) is 1. The summed E-state index contributed by atoms with van der Waals surface area (Å²) in [5.74, 6) is 2.22. The maximum atomic E-state index is 11.2. The minimum Gasteiger partial charge on any atom is -0.330 e. The van der Waals surface area contributed by atoms with E-state index in [0.29, 0.717) is 5.92 Å². The molecule has 2 nitrogen and oxygen atoms in total. The first-order valence-corrected chi connectivity index (χ1v) is 5.70. The third-order valence-electron chi connectivity index (χ3n) is 1.35. The van der Waals surface area contributed by atoms with Gasteiger partial charge in [-0.2, -0.15) is 0 Å². The fourth-order valence-electron chi connectivity index (χ4n) is 0.863. The van der Waals surface area contributed by atoms with Gasteiger partial charge in [0.25, 0.3) is 0 Å². The smallest absolute Gasteiger partial charge is 0.0257 e. The van der Waals surface area contributed by atoms with Crippen LogP contribution in [0.1, 0.15) is 26.7 Å². The van der Waals surface area contributed by atoms with Crippen molar-refractivity contribution in [2.45, 2.75) is 26.7 Å². The molecule has 0 fully saturated rings. The lowest BCUT2D eigenvalue weighted by molar-refractivity contribution is 0.660. The molecule has 0 aliphatic carbocycles. The fourth-order valence-corrected chi connectivity index (χ4v) is 2.30. The van der Waals surface area contributed by atoms with Gasteiger partial charge in [0, 0.05) is 22.3 Å². The third-order valence-corrected chi connectivity index (χ3v) is 3.13. The van der Waals surface area contributed by atoms with Gasteiger partial charge in [-0.25, -0.2) is 0 Å². The minimum absolute atomic E-state index is 0.550. The zero-order valence-corrected chi connectivity index (χ0v) is 8.32. The predicted octanol–water partition coefficient (Wildman–Crippen LogP) is 1.13. The summed E-state index contributed by atoms with van der Waals surface area (Å²) in [5, 5.41) is 0. The lowest BCUT2D eigenvalue weighted by atomic mass is 10.3. The molecule has 0 spiro atoms. The summed E-state index contributed by atoms with van der Waals surface area (Å²) in [6.45, 7) is 4.92. The van der Waals surface area contributed by atoms with Gasteiger partial charge < -0.3 is 5.73 Å². The lowest BCUT2D eigenvalue weighted by Crippen LogP contribution is -2.09. The van der Waals surface area contributed by atoms with Crippen LogP contribution in [-0.2, 0) is 10.8 Å². The van der Waals surface area contributed by atoms with E-state index in [1.54, 1.807) is 0 Å². The monoisotopic (exact) mass is 177 g/mol. The molecule has 0 heterocycles. The molecule has 68 valence electrons. The molecule has 3 heteroatoms. The summed E-state index contributed by atoms with van der Waals surface area (Å²) in [6, 6.07) is 0. The molecule has 0 aliphatic rings. The normalized spacial score (nSPS) is 13.8. The standard InChI is InChI=1S/C8H19NOS/c1-8(2)7-11(10)6-4-3-5-9/h8H,3-7,9H2,1-2H3. The molecule has 0 aromatic rings. The second kappa shape index (κ2) is 6.80. The van der Waals surface area contributed by atoms with Gasteiger partial charge >= 0.3 is 0 Å². The van der Waals surface area contributed by atoms with E-state index < -0.39 is 10.8 Å². The van der Waals surface area contributed by atoms with Gasteiger partial charge in [-0.05, 0) is 25.3 Å². The molecule has 0 aliphatic heterocycles. The Morgan fingerprint density at radius 3 is 2.45 bits per heavy atom. The van der Waals surface area contributed by atoms with Crippen molar-refractivity contribution >= 4 is 10.8 Å². The summed E-state index contributed by atoms with van der Waals surface area (Å²) in [4.78, 5) is 0. The van der Waals surface area contributed by atoms with Crippen molar-refractivity contribution in [3.63, 3.8) is 0 Å². The van der Waals surface area contributed by atoms with E-state index in [2.05, 4.69) is 13.8 Å². The zero-order chi connectivity index (χ0) is 8.69. The number of nitrogens with two attached hydrogens (primary N) is 1. The van der Waals surface area contributed by atoms with Crippen molar-refractivity contribution in [1.29, 1.82) is 0 Å². The highest BCUT2D eigenvalue weighted by atomic mass is 32.2. The van der Waals surface area contributed by atoms with E-state index in [4.69, 9.17) is 5.73 Å². The Morgan fingerprint density at radius 2 is 2.00 bits per heavy atom. The SMILES string of the molecule is CC(C)CS(=O)CCCCN. The molecule has 0 radical (unpaired) electrons. The van der Waals surface area contributed by atoms with Crippen LogP contribution >= 0.6 is 0 Å². The van der Waals surface area contributed by atoms with Crippen LogP contribution in [0.3, 0.4) is 0 Å². The van der Waals surface area contributed by atoms with Crippen molar-refractivity contribution in [2.75, 3.05) is 18.1 Å². The molecular formula is C8H19NOS. The van der Waals surface area contributed by atoms with Crippen LogP contribution in [0, 0.1) is 5.92 Å². The molecule has 0 rings (SSSR count). The van der Waals surface area contributed by atoms with Crippen LogP contribution in [0.2, 0.25) is 0 Å². The van der Waals surface area contributed by atoms with Crippen LogP contribution in [0.4, 0.5) is 0 Å². The highest BCUT2D eigenvalue weighted by molar-refractivity contribution is 7.84. The maximum Gasteiger partial charge on any atom is 0.0257 e. The van der Waals surface area contributed by atoms with E-state index >= 15 is 0 Å². The zero-order valence-electron chi connectivity index (χ0n) is 7.51. The molecule has 11 heavy (non-hydrogen) atoms. The Bertz CT molecular complexity index is 115. The summed E-state index contributed by atoms with van der Waals surface area (Å²) in [7, 11) is -0.607. The van der Waals surface area contributed by atoms with Crippen molar-refractivity contribution in [3.8, 4) is 0 Å². The predicted molar refractivity (Wildman–Crippen MR) is 51.0 cm³/mol. The third kappa shape index (κ3) is 8.01. The van der Waals surface area contributed by atoms with Gasteiger partial charge in [0.05, 0.1) is 0 Å². The van der Waals surface area contributed by atoms with Crippen LogP contribution in [0.15, 0.2) is 0 Å². The fraction of sp³-hybridized carbons (Fsp3) is 1.00. The molecule has 0 aromatic carbocycles. The first-order chi connectivity index (χ1) is 5.16. The highest BCUT2D eigenvalue weighted by Gasteiger charge is 2.01. The molecule has 2 N–H and O–H groups in total. The summed E-state index contributed by atoms with van der Waals surface area (Å²) in [6.07, 6.45) is 2.01. The highest BCUT2D eigenvalue weighted by Crippen LogP contribution is 1.98. The van der Waals surface area contributed by atoms with Gasteiger partial charge in [0.1, 0.15) is 0 Å². The Hall–Kier alpha value is 0.110. The quantitative estimate of drug-likeness (QED) is 0.618. The first kappa shape index (κ1) is 11.1. The average Bonchev–Trinajstić information content (AvgIpc) is 1.86. The van der Waals surface area contributed by atoms with Gasteiger partial charge in [0.15, 0.2) is 0 Å². The van der Waals surface area contributed by atoms with E-state index in [0.717, 1.165) is 30.9 Å². The lowest BCUT2D eigenvalue weighted by Gasteiger charge is -2.03. The number of hydrogen-bond donors (Lipinski definition) is 1. The van der Waals surface area contributed by atoms with E-state index in [1.165, 1.54) is 0 Å². The number of rotatable bonds is 6. The topological polar surface area (TPSA) is 43.1 Å². The Balaban J connectivity index is 3.23. The summed E-state index contributed by atoms with van der Waals surface area (Å²) in [5.41, 5.74) is 5.32. The summed E-state index contributed by atoms with van der Waals surface area (Å²) < 4.78 is 11.2. The van der Waals surface area contributed by atoms with Gasteiger partial charge in [-0.3, -0.25) is 4.21 Å². The van der Waals surface area contributed by atoms with Crippen molar-refractivity contribution in [3.05, 3.63) is 0 Å². The maximum absolute atomic E-state index is 11.2. The Kier molecular flexibility index (Phi) is 6.87. The van der Waals surface area contributed by atoms with Gasteiger partial charge in [0.2, 0.25) is 0 Å². The summed E-state index contributed by atoms with van der Waals surface area (Å²) >= 11 is 0. The molecule has 0 saturated heterocycles. The van der Waals surface area contributed by atoms with Crippen LogP contribution in [-0.4, -0.2) is 22.3 Å². The van der Waals surface area contributed by atoms with E-state index in [9.17, 15) is 4.21 Å². The molecule has 0 amide bonds. The second-order valence-corrected chi connectivity index (χ2v) is 4.82. The van der Waals surface area contributed by atoms with Crippen molar-refractivity contribution < 1.29 is 4.21 Å². The van der Waals surface area contributed by atoms with Crippen molar-refractivity contribution in [2.24, 2.45) is 11.7 Å². The van der Waals surface area contributed by atoms with Gasteiger partial charge in [-0.15, -0.1) is 0 Å².